The van der Waals surface area contributed by atoms with Gasteiger partial charge in [0, 0.05) is 39.3 Å². The van der Waals surface area contributed by atoms with E-state index in [1.807, 2.05) is 25.7 Å². The zero-order chi connectivity index (χ0) is 20.6. The maximum absolute atomic E-state index is 10.1. The molecule has 0 fully saturated rings. The van der Waals surface area contributed by atoms with Crippen LogP contribution < -0.4 is 0 Å². The Morgan fingerprint density at radius 2 is 1.62 bits per heavy atom. The van der Waals surface area contributed by atoms with Crippen LogP contribution in [0.3, 0.4) is 0 Å². The number of aliphatic hydroxyl groups excluding tert-OH is 4. The van der Waals surface area contributed by atoms with Gasteiger partial charge in [0.05, 0.1) is 24.9 Å². The molecule has 0 aliphatic rings. The van der Waals surface area contributed by atoms with Crippen molar-refractivity contribution in [1.29, 1.82) is 0 Å². The first-order valence-electron chi connectivity index (χ1n) is 9.59. The lowest BCUT2D eigenvalue weighted by Crippen LogP contribution is -2.40. The van der Waals surface area contributed by atoms with Gasteiger partial charge in [-0.3, -0.25) is 4.90 Å². The standard InChI is InChI=1S/C15H33NO4.C5H10O/c1-13(2)5-10-20-15(3,4)11-14(19)12-16(6-8-17)7-9-18;1-5(2)3-4-6/h13-14,17-19H,5-12H2,1-4H3;6H,1,3-4H2,2H3. The number of aliphatic hydroxyl groups is 4. The summed E-state index contributed by atoms with van der Waals surface area (Å²) >= 11 is 0. The summed E-state index contributed by atoms with van der Waals surface area (Å²) in [6.45, 7) is 16.1. The molecule has 0 radical (unpaired) electrons. The smallest absolute Gasteiger partial charge is 0.0694 e. The maximum Gasteiger partial charge on any atom is 0.0694 e. The van der Waals surface area contributed by atoms with Crippen LogP contribution in [0, 0.1) is 5.92 Å². The van der Waals surface area contributed by atoms with Gasteiger partial charge in [0.1, 0.15) is 0 Å². The molecule has 0 saturated carbocycles. The molecule has 158 valence electrons. The molecule has 0 saturated heterocycles. The van der Waals surface area contributed by atoms with Crippen molar-refractivity contribution in [2.45, 2.75) is 65.6 Å². The van der Waals surface area contributed by atoms with Crippen LogP contribution in [0.2, 0.25) is 0 Å². The van der Waals surface area contributed by atoms with Crippen molar-refractivity contribution in [2.75, 3.05) is 46.1 Å². The summed E-state index contributed by atoms with van der Waals surface area (Å²) in [4.78, 5) is 1.86. The summed E-state index contributed by atoms with van der Waals surface area (Å²) in [6, 6.07) is 0. The van der Waals surface area contributed by atoms with Gasteiger partial charge in [-0.2, -0.15) is 0 Å². The van der Waals surface area contributed by atoms with E-state index < -0.39 is 6.10 Å². The first-order valence-corrected chi connectivity index (χ1v) is 9.59. The Morgan fingerprint density at radius 3 is 1.96 bits per heavy atom. The Balaban J connectivity index is 0. The molecular weight excluding hydrogens is 334 g/mol. The monoisotopic (exact) mass is 377 g/mol. The molecule has 26 heavy (non-hydrogen) atoms. The topological polar surface area (TPSA) is 93.4 Å². The van der Waals surface area contributed by atoms with Crippen molar-refractivity contribution in [3.63, 3.8) is 0 Å². The zero-order valence-corrected chi connectivity index (χ0v) is 17.6. The molecule has 0 bridgehead atoms. The molecule has 1 unspecified atom stereocenters. The molecule has 0 rings (SSSR count). The third-order valence-electron chi connectivity index (χ3n) is 3.76. The van der Waals surface area contributed by atoms with Crippen LogP contribution in [0.5, 0.6) is 0 Å². The third-order valence-corrected chi connectivity index (χ3v) is 3.76. The second-order valence-electron chi connectivity index (χ2n) is 7.83. The Kier molecular flexibility index (Phi) is 17.8. The van der Waals surface area contributed by atoms with Gasteiger partial charge in [0.2, 0.25) is 0 Å². The van der Waals surface area contributed by atoms with E-state index in [4.69, 9.17) is 20.1 Å². The molecule has 0 aliphatic heterocycles. The minimum atomic E-state index is -0.526. The molecule has 0 aromatic rings. The Labute approximate surface area is 160 Å². The third kappa shape index (κ3) is 19.8. The predicted molar refractivity (Wildman–Crippen MR) is 107 cm³/mol. The highest BCUT2D eigenvalue weighted by Crippen LogP contribution is 2.18. The fourth-order valence-electron chi connectivity index (χ4n) is 2.33. The van der Waals surface area contributed by atoms with Crippen LogP contribution in [0.1, 0.15) is 53.9 Å². The van der Waals surface area contributed by atoms with Crippen LogP contribution in [0.4, 0.5) is 0 Å². The van der Waals surface area contributed by atoms with Crippen molar-refractivity contribution in [2.24, 2.45) is 5.92 Å². The molecule has 0 aromatic heterocycles. The summed E-state index contributed by atoms with van der Waals surface area (Å²) in [5.74, 6) is 0.611. The SMILES string of the molecule is C=C(C)CCO.CC(C)CCOC(C)(C)CC(O)CN(CCO)CCO. The van der Waals surface area contributed by atoms with Gasteiger partial charge in [-0.05, 0) is 39.5 Å². The molecule has 1 atom stereocenters. The van der Waals surface area contributed by atoms with Gasteiger partial charge in [-0.1, -0.05) is 19.4 Å². The van der Waals surface area contributed by atoms with E-state index in [-0.39, 0.29) is 25.4 Å². The summed E-state index contributed by atoms with van der Waals surface area (Å²) < 4.78 is 5.84. The van der Waals surface area contributed by atoms with Crippen molar-refractivity contribution in [3.8, 4) is 0 Å². The molecule has 0 aromatic carbocycles. The van der Waals surface area contributed by atoms with E-state index in [2.05, 4.69) is 20.4 Å². The maximum atomic E-state index is 10.1. The van der Waals surface area contributed by atoms with Gasteiger partial charge in [-0.25, -0.2) is 0 Å². The molecule has 4 N–H and O–H groups in total. The molecular formula is C20H43NO5. The minimum Gasteiger partial charge on any atom is -0.396 e. The van der Waals surface area contributed by atoms with Gasteiger partial charge in [0.15, 0.2) is 0 Å². The van der Waals surface area contributed by atoms with E-state index in [1.165, 1.54) is 0 Å². The van der Waals surface area contributed by atoms with E-state index in [0.29, 0.717) is 38.6 Å². The predicted octanol–water partition coefficient (Wildman–Crippen LogP) is 1.81. The Bertz CT molecular complexity index is 328. The fourth-order valence-corrected chi connectivity index (χ4v) is 2.33. The summed E-state index contributed by atoms with van der Waals surface area (Å²) in [6.07, 6.45) is 1.77. The van der Waals surface area contributed by atoms with Crippen LogP contribution in [0.25, 0.3) is 0 Å². The molecule has 0 aliphatic carbocycles. The molecule has 6 nitrogen and oxygen atoms in total. The van der Waals surface area contributed by atoms with Crippen molar-refractivity contribution in [3.05, 3.63) is 12.2 Å². The highest BCUT2D eigenvalue weighted by molar-refractivity contribution is 4.86. The summed E-state index contributed by atoms with van der Waals surface area (Å²) in [7, 11) is 0. The second kappa shape index (κ2) is 16.7. The number of hydrogen-bond donors (Lipinski definition) is 4. The van der Waals surface area contributed by atoms with Crippen molar-refractivity contribution < 1.29 is 25.2 Å². The zero-order valence-electron chi connectivity index (χ0n) is 17.6. The Hall–Kier alpha value is -0.500. The van der Waals surface area contributed by atoms with Crippen molar-refractivity contribution >= 4 is 0 Å². The van der Waals surface area contributed by atoms with Crippen LogP contribution >= 0.6 is 0 Å². The number of ether oxygens (including phenoxy) is 1. The largest absolute Gasteiger partial charge is 0.396 e. The van der Waals surface area contributed by atoms with E-state index in [0.717, 1.165) is 18.4 Å². The fraction of sp³-hybridized carbons (Fsp3) is 0.900. The lowest BCUT2D eigenvalue weighted by Gasteiger charge is -2.31. The minimum absolute atomic E-state index is 0.0288. The van der Waals surface area contributed by atoms with Crippen LogP contribution in [-0.4, -0.2) is 83.1 Å². The normalized spacial score (nSPS) is 12.9. The first kappa shape index (κ1) is 27.7. The van der Waals surface area contributed by atoms with E-state index >= 15 is 0 Å². The lowest BCUT2D eigenvalue weighted by molar-refractivity contribution is -0.0578. The molecule has 0 spiro atoms. The van der Waals surface area contributed by atoms with Gasteiger partial charge < -0.3 is 25.2 Å². The lowest BCUT2D eigenvalue weighted by atomic mass is 10.00. The average molecular weight is 378 g/mol. The summed E-state index contributed by atoms with van der Waals surface area (Å²) in [5.41, 5.74) is 0.677. The van der Waals surface area contributed by atoms with Gasteiger partial charge >= 0.3 is 0 Å². The summed E-state index contributed by atoms with van der Waals surface area (Å²) in [5, 5.41) is 36.2. The van der Waals surface area contributed by atoms with Crippen LogP contribution in [0.15, 0.2) is 12.2 Å². The van der Waals surface area contributed by atoms with Gasteiger partial charge in [-0.15, -0.1) is 6.58 Å². The molecule has 0 amide bonds. The van der Waals surface area contributed by atoms with Crippen LogP contribution in [-0.2, 0) is 4.74 Å². The second-order valence-corrected chi connectivity index (χ2v) is 7.83. The average Bonchev–Trinajstić information content (AvgIpc) is 2.46. The van der Waals surface area contributed by atoms with Crippen molar-refractivity contribution in [1.82, 2.24) is 4.90 Å². The Morgan fingerprint density at radius 1 is 1.08 bits per heavy atom. The number of rotatable bonds is 14. The van der Waals surface area contributed by atoms with Gasteiger partial charge in [0.25, 0.3) is 0 Å². The molecule has 6 heteroatoms. The number of hydrogen-bond acceptors (Lipinski definition) is 6. The van der Waals surface area contributed by atoms with E-state index in [1.54, 1.807) is 0 Å². The first-order chi connectivity index (χ1) is 12.1. The van der Waals surface area contributed by atoms with E-state index in [9.17, 15) is 5.11 Å². The highest BCUT2D eigenvalue weighted by Gasteiger charge is 2.24. The quantitative estimate of drug-likeness (QED) is 0.345. The highest BCUT2D eigenvalue weighted by atomic mass is 16.5. The number of nitrogens with zero attached hydrogens (tertiary/aromatic N) is 1. The molecule has 0 heterocycles.